The first-order chi connectivity index (χ1) is 20.3. The molecule has 1 amide bonds. The van der Waals surface area contributed by atoms with Crippen LogP contribution in [0, 0.1) is 6.92 Å². The Morgan fingerprint density at radius 3 is 2.45 bits per heavy atom. The van der Waals surface area contributed by atoms with Crippen molar-refractivity contribution in [3.05, 3.63) is 64.0 Å². The molecule has 14 heteroatoms. The Balaban J connectivity index is 1.26. The topological polar surface area (TPSA) is 180 Å². The third-order valence-electron chi connectivity index (χ3n) is 7.37. The van der Waals surface area contributed by atoms with Crippen molar-refractivity contribution in [3.63, 3.8) is 0 Å². The number of nitrogens with zero attached hydrogens (tertiary/aromatic N) is 7. The second kappa shape index (κ2) is 12.3. The van der Waals surface area contributed by atoms with E-state index in [1.54, 1.807) is 35.4 Å². The largest absolute Gasteiger partial charge is 0.382 e. The number of Topliss-reactive ketones (excluding diaryl/α,β-unsaturated/α-hetero) is 1. The fourth-order valence-electron chi connectivity index (χ4n) is 5.16. The van der Waals surface area contributed by atoms with Crippen molar-refractivity contribution in [1.82, 2.24) is 35.0 Å². The van der Waals surface area contributed by atoms with Crippen LogP contribution in [0.25, 0.3) is 11.0 Å². The summed E-state index contributed by atoms with van der Waals surface area (Å²) < 4.78 is 1.68. The maximum absolute atomic E-state index is 13.4. The average Bonchev–Trinajstić information content (AvgIpc) is 3.52. The first-order valence-corrected chi connectivity index (χ1v) is 13.6. The number of pyridine rings is 2. The van der Waals surface area contributed by atoms with Gasteiger partial charge in [-0.2, -0.15) is 4.98 Å². The molecule has 1 aliphatic rings. The van der Waals surface area contributed by atoms with Gasteiger partial charge in [0.05, 0.1) is 23.0 Å². The van der Waals surface area contributed by atoms with Crippen molar-refractivity contribution in [2.24, 2.45) is 0 Å². The molecule has 0 saturated heterocycles. The number of carbonyl (C=O) groups is 2. The minimum absolute atomic E-state index is 0.00247. The summed E-state index contributed by atoms with van der Waals surface area (Å²) in [5.41, 5.74) is 3.52. The van der Waals surface area contributed by atoms with Gasteiger partial charge in [0.25, 0.3) is 11.5 Å². The lowest BCUT2D eigenvalue weighted by Gasteiger charge is -2.19. The third-order valence-corrected chi connectivity index (χ3v) is 7.37. The molecule has 0 radical (unpaired) electrons. The summed E-state index contributed by atoms with van der Waals surface area (Å²) in [5.74, 6) is 0.344. The number of fused-ring (bicyclic) bond motifs is 1. The van der Waals surface area contributed by atoms with Crippen LogP contribution in [0.15, 0.2) is 41.7 Å². The van der Waals surface area contributed by atoms with Crippen LogP contribution in [0.2, 0.25) is 0 Å². The molecule has 4 aromatic rings. The molecule has 14 nitrogen and oxygen atoms in total. The summed E-state index contributed by atoms with van der Waals surface area (Å²) in [7, 11) is 1.83. The van der Waals surface area contributed by atoms with Crippen molar-refractivity contribution >= 4 is 46.1 Å². The van der Waals surface area contributed by atoms with Crippen LogP contribution in [-0.4, -0.2) is 66.5 Å². The minimum Gasteiger partial charge on any atom is -0.382 e. The van der Waals surface area contributed by atoms with Crippen LogP contribution in [0.1, 0.15) is 64.9 Å². The van der Waals surface area contributed by atoms with E-state index in [2.05, 4.69) is 30.6 Å². The second-order valence-electron chi connectivity index (χ2n) is 10.2. The smallest absolute Gasteiger partial charge is 0.277 e. The SMILES string of the molecule is CC(=O)c1c(C)c2cnc(Nc3ccc(NCCN(C)c4ncc(C(=O)NO)cn4)cn3)nc2n(C2CCCC2)c1=O. The molecular weight excluding hydrogens is 540 g/mol. The van der Waals surface area contributed by atoms with Gasteiger partial charge in [-0.25, -0.2) is 25.4 Å². The number of nitrogens with one attached hydrogen (secondary N) is 3. The van der Waals surface area contributed by atoms with Crippen LogP contribution < -0.4 is 26.6 Å². The quantitative estimate of drug-likeness (QED) is 0.124. The van der Waals surface area contributed by atoms with Gasteiger partial charge in [0, 0.05) is 50.2 Å². The van der Waals surface area contributed by atoms with E-state index in [0.717, 1.165) is 31.4 Å². The van der Waals surface area contributed by atoms with Crippen LogP contribution in [0.4, 0.5) is 23.4 Å². The zero-order valence-corrected chi connectivity index (χ0v) is 23.6. The number of aromatic nitrogens is 6. The molecule has 1 saturated carbocycles. The number of hydrogen-bond acceptors (Lipinski definition) is 12. The molecule has 4 heterocycles. The zero-order chi connectivity index (χ0) is 29.8. The summed E-state index contributed by atoms with van der Waals surface area (Å²) in [6.07, 6.45) is 9.82. The van der Waals surface area contributed by atoms with Gasteiger partial charge in [0.15, 0.2) is 5.78 Å². The molecule has 218 valence electrons. The first-order valence-electron chi connectivity index (χ1n) is 13.6. The van der Waals surface area contributed by atoms with E-state index in [1.165, 1.54) is 19.3 Å². The number of rotatable bonds is 10. The lowest BCUT2D eigenvalue weighted by atomic mass is 10.0. The highest BCUT2D eigenvalue weighted by molar-refractivity contribution is 5.99. The van der Waals surface area contributed by atoms with Crippen LogP contribution in [0.3, 0.4) is 0 Å². The van der Waals surface area contributed by atoms with E-state index in [-0.39, 0.29) is 28.5 Å². The molecule has 1 aliphatic carbocycles. The second-order valence-corrected chi connectivity index (χ2v) is 10.2. The number of carbonyl (C=O) groups excluding carboxylic acids is 2. The van der Waals surface area contributed by atoms with E-state index in [1.807, 2.05) is 18.0 Å². The Morgan fingerprint density at radius 2 is 1.81 bits per heavy atom. The maximum Gasteiger partial charge on any atom is 0.277 e. The van der Waals surface area contributed by atoms with Crippen molar-refractivity contribution in [3.8, 4) is 0 Å². The number of anilines is 4. The number of amides is 1. The van der Waals surface area contributed by atoms with E-state index in [9.17, 15) is 14.4 Å². The first kappa shape index (κ1) is 28.5. The highest BCUT2D eigenvalue weighted by Crippen LogP contribution is 2.32. The van der Waals surface area contributed by atoms with Gasteiger partial charge in [-0.15, -0.1) is 0 Å². The molecule has 0 bridgehead atoms. The fraction of sp³-hybridized carbons (Fsp3) is 0.357. The Bertz CT molecular complexity index is 1670. The molecule has 0 unspecified atom stereocenters. The normalized spacial score (nSPS) is 13.2. The number of aryl methyl sites for hydroxylation is 1. The minimum atomic E-state index is -0.675. The summed E-state index contributed by atoms with van der Waals surface area (Å²) in [4.78, 5) is 60.9. The van der Waals surface area contributed by atoms with Gasteiger partial charge in [-0.1, -0.05) is 12.8 Å². The van der Waals surface area contributed by atoms with Gasteiger partial charge < -0.3 is 15.5 Å². The number of ketones is 1. The molecule has 0 spiro atoms. The number of hydrogen-bond donors (Lipinski definition) is 4. The standard InChI is InChI=1S/C28H32N10O4/c1-16-21-15-31-27(35-24(21)38(20-6-4-5-7-20)26(41)23(16)17(2)39)34-22-9-8-19(14-30-22)29-10-11-37(3)28-32-12-18(13-33-28)25(40)36-42/h8-9,12-15,20,29,42H,4-7,10-11H2,1-3H3,(H,36,40)(H,30,31,34,35). The highest BCUT2D eigenvalue weighted by Gasteiger charge is 2.26. The average molecular weight is 573 g/mol. The van der Waals surface area contributed by atoms with Crippen molar-refractivity contribution in [1.29, 1.82) is 0 Å². The van der Waals surface area contributed by atoms with Gasteiger partial charge >= 0.3 is 0 Å². The predicted molar refractivity (Wildman–Crippen MR) is 157 cm³/mol. The third kappa shape index (κ3) is 5.88. The number of hydroxylamine groups is 1. The monoisotopic (exact) mass is 572 g/mol. The van der Waals surface area contributed by atoms with Crippen molar-refractivity contribution in [2.45, 2.75) is 45.6 Å². The molecule has 0 aromatic carbocycles. The van der Waals surface area contributed by atoms with E-state index < -0.39 is 5.91 Å². The van der Waals surface area contributed by atoms with E-state index >= 15 is 0 Å². The Labute approximate surface area is 241 Å². The van der Waals surface area contributed by atoms with Gasteiger partial charge in [-0.05, 0) is 44.4 Å². The fourth-order valence-corrected chi connectivity index (χ4v) is 5.16. The highest BCUT2D eigenvalue weighted by atomic mass is 16.5. The van der Waals surface area contributed by atoms with Crippen LogP contribution in [0.5, 0.6) is 0 Å². The van der Waals surface area contributed by atoms with E-state index in [4.69, 9.17) is 10.2 Å². The molecule has 0 aliphatic heterocycles. The van der Waals surface area contributed by atoms with Crippen molar-refractivity contribution in [2.75, 3.05) is 35.7 Å². The van der Waals surface area contributed by atoms with Gasteiger partial charge in [0.1, 0.15) is 11.5 Å². The molecule has 1 fully saturated rings. The van der Waals surface area contributed by atoms with E-state index in [0.29, 0.717) is 47.4 Å². The zero-order valence-electron chi connectivity index (χ0n) is 23.6. The van der Waals surface area contributed by atoms with Crippen molar-refractivity contribution < 1.29 is 14.8 Å². The molecule has 5 rings (SSSR count). The Kier molecular flexibility index (Phi) is 8.33. The van der Waals surface area contributed by atoms with Crippen LogP contribution >= 0.6 is 0 Å². The summed E-state index contributed by atoms with van der Waals surface area (Å²) in [6.45, 7) is 4.33. The molecule has 4 aromatic heterocycles. The number of likely N-dealkylation sites (N-methyl/N-ethyl adjacent to an activating group) is 1. The lowest BCUT2D eigenvalue weighted by molar-refractivity contribution is 0.0705. The lowest BCUT2D eigenvalue weighted by Crippen LogP contribution is -2.30. The molecule has 0 atom stereocenters. The summed E-state index contributed by atoms with van der Waals surface area (Å²) in [5, 5.41) is 15.8. The summed E-state index contributed by atoms with van der Waals surface area (Å²) >= 11 is 0. The van der Waals surface area contributed by atoms with Gasteiger partial charge in [0.2, 0.25) is 11.9 Å². The maximum atomic E-state index is 13.4. The Hall–Kier alpha value is -4.98. The molecule has 4 N–H and O–H groups in total. The predicted octanol–water partition coefficient (Wildman–Crippen LogP) is 3.01. The van der Waals surface area contributed by atoms with Crippen LogP contribution in [-0.2, 0) is 0 Å². The Morgan fingerprint density at radius 1 is 1.07 bits per heavy atom. The molecule has 42 heavy (non-hydrogen) atoms. The molecular formula is C28H32N10O4. The van der Waals surface area contributed by atoms with Gasteiger partial charge in [-0.3, -0.25) is 24.2 Å². The summed E-state index contributed by atoms with van der Waals surface area (Å²) in [6, 6.07) is 3.66.